The van der Waals surface area contributed by atoms with Crippen LogP contribution in [0.15, 0.2) is 22.2 Å². The van der Waals surface area contributed by atoms with Crippen molar-refractivity contribution >= 4 is 60.6 Å². The van der Waals surface area contributed by atoms with E-state index in [1.165, 1.54) is 28.5 Å². The number of nitrogens with two attached hydrogens (primary N) is 2. The van der Waals surface area contributed by atoms with Crippen LogP contribution in [0.5, 0.6) is 0 Å². The summed E-state index contributed by atoms with van der Waals surface area (Å²) in [6, 6.07) is 0. The van der Waals surface area contributed by atoms with Gasteiger partial charge in [-0.1, -0.05) is 12.2 Å². The number of nitrogens with zero attached hydrogens (tertiary/aromatic N) is 6. The van der Waals surface area contributed by atoms with Crippen LogP contribution in [0.25, 0.3) is 22.3 Å². The lowest BCUT2D eigenvalue weighted by atomic mass is 10.0. The van der Waals surface area contributed by atoms with Crippen LogP contribution in [0.2, 0.25) is 0 Å². The molecule has 2 aliphatic rings. The first-order chi connectivity index (χ1) is 20.8. The fourth-order valence-electron chi connectivity index (χ4n) is 5.27. The van der Waals surface area contributed by atoms with Crippen molar-refractivity contribution in [1.29, 1.82) is 0 Å². The third-order valence-electron chi connectivity index (χ3n) is 7.13. The molecule has 20 nitrogen and oxygen atoms in total. The fraction of sp³-hybridized carbons (Fsp3) is 0.524. The molecule has 0 amide bonds. The normalized spacial score (nSPS) is 26.8. The number of imidazole rings is 2. The summed E-state index contributed by atoms with van der Waals surface area (Å²) in [5, 5.41) is 0. The van der Waals surface area contributed by atoms with Crippen LogP contribution in [0.3, 0.4) is 0 Å². The highest BCUT2D eigenvalue weighted by atomic mass is 32.7. The third kappa shape index (κ3) is 6.19. The average molecular weight is 675 g/mol. The molecule has 23 heteroatoms. The van der Waals surface area contributed by atoms with Crippen LogP contribution < -0.4 is 22.8 Å². The Balaban J connectivity index is 1.16. The van der Waals surface area contributed by atoms with Crippen LogP contribution in [-0.4, -0.2) is 76.2 Å². The van der Waals surface area contributed by atoms with E-state index in [0.29, 0.717) is 6.42 Å². The minimum Gasteiger partial charge on any atom is -0.382 e. The topological polar surface area (TPSA) is 280 Å². The minimum atomic E-state index is -4.12. The summed E-state index contributed by atoms with van der Waals surface area (Å²) in [4.78, 5) is 56.1. The van der Waals surface area contributed by atoms with Crippen molar-refractivity contribution in [2.45, 2.75) is 44.1 Å². The number of rotatable bonds is 10. The van der Waals surface area contributed by atoms with E-state index in [1.807, 2.05) is 0 Å². The number of nitrogen functional groups attached to an aromatic ring is 2. The monoisotopic (exact) mass is 674 g/mol. The lowest BCUT2D eigenvalue weighted by Gasteiger charge is -2.23. The Bertz CT molecular complexity index is 1920. The molecular formula is C21H28N10O10P2S. The maximum absolute atomic E-state index is 13.4. The highest BCUT2D eigenvalue weighted by Crippen LogP contribution is 2.51. The molecule has 2 fully saturated rings. The lowest BCUT2D eigenvalue weighted by Crippen LogP contribution is -2.28. The summed E-state index contributed by atoms with van der Waals surface area (Å²) >= 11 is 3.52. The first kappa shape index (κ1) is 30.9. The molecule has 0 saturated carbocycles. The Morgan fingerprint density at radius 1 is 0.977 bits per heavy atom. The summed E-state index contributed by atoms with van der Waals surface area (Å²) in [6.07, 6.45) is -0.326. The Morgan fingerprint density at radius 2 is 1.59 bits per heavy atom. The zero-order valence-corrected chi connectivity index (χ0v) is 25.6. The molecule has 6 rings (SSSR count). The van der Waals surface area contributed by atoms with Crippen molar-refractivity contribution in [3.05, 3.63) is 33.6 Å². The van der Waals surface area contributed by atoms with E-state index in [2.05, 4.69) is 42.2 Å². The summed E-state index contributed by atoms with van der Waals surface area (Å²) in [6.45, 7) is -3.40. The molecule has 2 saturated heterocycles. The van der Waals surface area contributed by atoms with Crippen LogP contribution in [0.4, 0.5) is 11.6 Å². The predicted molar refractivity (Wildman–Crippen MR) is 156 cm³/mol. The van der Waals surface area contributed by atoms with Crippen LogP contribution >= 0.6 is 26.6 Å². The van der Waals surface area contributed by atoms with Crippen LogP contribution in [0, 0.1) is 5.92 Å². The number of hydrogen-bond acceptors (Lipinski definition) is 15. The minimum absolute atomic E-state index is 0.0416. The molecule has 0 radical (unpaired) electrons. The molecule has 0 aliphatic carbocycles. The van der Waals surface area contributed by atoms with Gasteiger partial charge in [0.2, 0.25) is 0 Å². The van der Waals surface area contributed by atoms with Gasteiger partial charge in [-0.05, 0) is 12.8 Å². The Kier molecular flexibility index (Phi) is 8.18. The van der Waals surface area contributed by atoms with Crippen molar-refractivity contribution in [2.75, 3.05) is 31.3 Å². The number of fused-ring (bicyclic) bond motifs is 2. The molecule has 7 atom stereocenters. The standard InChI is InChI=1S/C21H28N10O10P2S/c1-42(34,41-12-3-2-11(40-12)30-17-13(28-20(30)32)15(22)24-7-26-17)37-5-9-4-10(6-38-43(35,36)44)39-19(9)31-18-14(29-21(31)33)16(23)25-8-27-18/h7-12,19H,2-6H2,1H3,(H,28,32)(H,29,33)(H2,22,24,26)(H2,23,25,27)(H2,35,36,44)/t9?,10-,11+,12+,19+,42?/m0/s1. The van der Waals surface area contributed by atoms with Crippen molar-refractivity contribution in [3.63, 3.8) is 0 Å². The predicted octanol–water partition coefficient (Wildman–Crippen LogP) is 0.859. The molecular weight excluding hydrogens is 646 g/mol. The Morgan fingerprint density at radius 3 is 2.23 bits per heavy atom. The van der Waals surface area contributed by atoms with Gasteiger partial charge in [0.25, 0.3) is 0 Å². The van der Waals surface area contributed by atoms with Crippen LogP contribution in [-0.2, 0) is 32.2 Å². The number of ether oxygens (including phenoxy) is 2. The molecule has 4 aromatic heterocycles. The summed E-state index contributed by atoms with van der Waals surface area (Å²) < 4.78 is 55.7. The van der Waals surface area contributed by atoms with Crippen molar-refractivity contribution in [1.82, 2.24) is 39.0 Å². The van der Waals surface area contributed by atoms with Gasteiger partial charge in [0, 0.05) is 19.0 Å². The molecule has 3 unspecified atom stereocenters. The first-order valence-electron chi connectivity index (χ1n) is 13.1. The molecule has 4 aromatic rings. The number of aromatic nitrogens is 8. The van der Waals surface area contributed by atoms with Gasteiger partial charge < -0.3 is 40.3 Å². The molecule has 6 heterocycles. The Labute approximate surface area is 251 Å². The largest absolute Gasteiger partial charge is 0.383 e. The number of anilines is 2. The molecule has 2 aliphatic heterocycles. The highest BCUT2D eigenvalue weighted by molar-refractivity contribution is 8.44. The number of aromatic amines is 2. The summed E-state index contributed by atoms with van der Waals surface area (Å²) in [5.41, 5.74) is 11.5. The second kappa shape index (κ2) is 11.7. The van der Waals surface area contributed by atoms with Crippen molar-refractivity contribution in [3.8, 4) is 0 Å². The van der Waals surface area contributed by atoms with E-state index in [9.17, 15) is 23.6 Å². The smallest absolute Gasteiger partial charge is 0.382 e. The summed E-state index contributed by atoms with van der Waals surface area (Å²) in [5.74, 6) is -0.480. The van der Waals surface area contributed by atoms with Gasteiger partial charge in [-0.25, -0.2) is 43.2 Å². The molecule has 0 aromatic carbocycles. The molecule has 0 bridgehead atoms. The summed E-state index contributed by atoms with van der Waals surface area (Å²) in [7, 11) is -3.79. The van der Waals surface area contributed by atoms with Gasteiger partial charge in [0.15, 0.2) is 29.2 Å². The van der Waals surface area contributed by atoms with E-state index in [1.54, 1.807) is 0 Å². The van der Waals surface area contributed by atoms with E-state index in [4.69, 9.17) is 34.5 Å². The quantitative estimate of drug-likeness (QED) is 0.100. The second-order valence-corrected chi connectivity index (χ2v) is 15.0. The van der Waals surface area contributed by atoms with Gasteiger partial charge in [-0.3, -0.25) is 13.6 Å². The zero-order valence-electron chi connectivity index (χ0n) is 22.9. The van der Waals surface area contributed by atoms with E-state index in [-0.39, 0.29) is 60.0 Å². The van der Waals surface area contributed by atoms with Crippen molar-refractivity contribution in [2.24, 2.45) is 5.92 Å². The zero-order chi connectivity index (χ0) is 31.4. The third-order valence-corrected chi connectivity index (χ3v) is 9.20. The molecule has 0 spiro atoms. The maximum Gasteiger partial charge on any atom is 0.383 e. The maximum atomic E-state index is 13.4. The number of H-pyrrole nitrogens is 2. The van der Waals surface area contributed by atoms with E-state index < -0.39 is 56.5 Å². The van der Waals surface area contributed by atoms with E-state index >= 15 is 0 Å². The van der Waals surface area contributed by atoms with E-state index in [0.717, 1.165) is 0 Å². The number of hydrogen-bond donors (Lipinski definition) is 6. The Hall–Kier alpha value is -3.13. The highest BCUT2D eigenvalue weighted by Gasteiger charge is 2.41. The number of thiol groups is 1. The average Bonchev–Trinajstić information content (AvgIpc) is 3.70. The number of nitrogens with one attached hydrogen (secondary N) is 2. The van der Waals surface area contributed by atoms with Gasteiger partial charge in [-0.15, -0.1) is 0 Å². The second-order valence-electron chi connectivity index (χ2n) is 10.2. The van der Waals surface area contributed by atoms with Gasteiger partial charge >= 0.3 is 25.8 Å². The van der Waals surface area contributed by atoms with Crippen molar-refractivity contribution < 1.29 is 37.1 Å². The van der Waals surface area contributed by atoms with Gasteiger partial charge in [0.1, 0.15) is 36.1 Å². The lowest BCUT2D eigenvalue weighted by molar-refractivity contribution is -0.102. The molecule has 44 heavy (non-hydrogen) atoms. The molecule has 238 valence electrons. The molecule has 7 N–H and O–H groups in total. The van der Waals surface area contributed by atoms with Crippen LogP contribution in [0.1, 0.15) is 31.7 Å². The fourth-order valence-corrected chi connectivity index (χ4v) is 6.94. The van der Waals surface area contributed by atoms with Gasteiger partial charge in [-0.2, -0.15) is 0 Å². The SMILES string of the molecule is CP(=O)(OCC1C[C@@H](COP(=O)(O)S)O[C@H]1n1c(=O)[nH]c2c(N)ncnc21)O[C@@H]1CC[C@H](n2c(=O)[nH]c3c(N)ncnc32)O1. The first-order valence-corrected chi connectivity index (χ1v) is 17.8. The van der Waals surface area contributed by atoms with Gasteiger partial charge in [0.05, 0.1) is 19.3 Å².